The van der Waals surface area contributed by atoms with Gasteiger partial charge in [0.2, 0.25) is 0 Å². The lowest BCUT2D eigenvalue weighted by molar-refractivity contribution is 0.426. The molecule has 0 spiro atoms. The number of anilines is 8. The summed E-state index contributed by atoms with van der Waals surface area (Å²) in [5.74, 6) is 1.83. The van der Waals surface area contributed by atoms with Crippen LogP contribution < -0.4 is 14.7 Å². The van der Waals surface area contributed by atoms with Crippen LogP contribution in [0.15, 0.2) is 191 Å². The van der Waals surface area contributed by atoms with Gasteiger partial charge in [0.05, 0.1) is 33.3 Å². The molecule has 0 unspecified atom stereocenters. The van der Waals surface area contributed by atoms with Gasteiger partial charge in [-0.15, -0.1) is 11.8 Å². The second-order valence-electron chi connectivity index (χ2n) is 27.0. The number of fused-ring (bicyclic) bond motifs is 3. The molecule has 0 aromatic heterocycles. The Kier molecular flexibility index (Phi) is 16.2. The van der Waals surface area contributed by atoms with Crippen LogP contribution in [0.2, 0.25) is 0 Å². The highest BCUT2D eigenvalue weighted by Gasteiger charge is 2.38. The second-order valence-corrected chi connectivity index (χ2v) is 29.1. The SMILES string of the molecule is CC/C=C/C(C)(C)Cc1cccc(-c2cc(C(C)(C)C)ccc2N(C[C@H](C)C(C)C)c2cc(N(c3ccccc3C)c3ccccc3C)cc3c2Sc2cc4c(cc2N3c2ccc(C(C)(C)C)cc2-c2ccccc2)SCC4(C)C)c1. The highest BCUT2D eigenvalue weighted by atomic mass is 32.2. The fraction of sp³-hybridized carbons (Fsp3) is 0.342. The average Bonchev–Trinajstić information content (AvgIpc) is 3.90. The van der Waals surface area contributed by atoms with E-state index in [1.54, 1.807) is 0 Å². The number of thioether (sulfide) groups is 1. The Morgan fingerprint density at radius 3 is 1.83 bits per heavy atom. The number of allylic oxidation sites excluding steroid dienone is 2. The summed E-state index contributed by atoms with van der Waals surface area (Å²) in [6.07, 6.45) is 6.72. The fourth-order valence-corrected chi connectivity index (χ4v) is 14.3. The van der Waals surface area contributed by atoms with E-state index in [0.29, 0.717) is 11.8 Å². The Morgan fingerprint density at radius 1 is 0.580 bits per heavy atom. The predicted octanol–water partition coefficient (Wildman–Crippen LogP) is 23.0. The molecule has 8 aromatic rings. The Balaban J connectivity index is 1.35. The number of hydrogen-bond donors (Lipinski definition) is 0. The average molecular weight is 1110 g/mol. The first-order valence-corrected chi connectivity index (χ1v) is 31.5. The minimum Gasteiger partial charge on any atom is -0.340 e. The molecule has 0 fully saturated rings. The van der Waals surface area contributed by atoms with Crippen molar-refractivity contribution < 1.29 is 0 Å². The monoisotopic (exact) mass is 1110 g/mol. The number of hydrogen-bond acceptors (Lipinski definition) is 5. The van der Waals surface area contributed by atoms with Crippen LogP contribution >= 0.6 is 23.5 Å². The lowest BCUT2D eigenvalue weighted by atomic mass is 9.83. The van der Waals surface area contributed by atoms with Crippen molar-refractivity contribution in [1.82, 2.24) is 0 Å². The van der Waals surface area contributed by atoms with Gasteiger partial charge in [0, 0.05) is 55.7 Å². The lowest BCUT2D eigenvalue weighted by Gasteiger charge is -2.41. The van der Waals surface area contributed by atoms with Crippen LogP contribution in [0.5, 0.6) is 0 Å². The summed E-state index contributed by atoms with van der Waals surface area (Å²) >= 11 is 3.97. The van der Waals surface area contributed by atoms with E-state index in [1.807, 2.05) is 23.5 Å². The van der Waals surface area contributed by atoms with Crippen LogP contribution in [0.25, 0.3) is 22.3 Å². The molecule has 2 heterocycles. The van der Waals surface area contributed by atoms with Crippen LogP contribution in [-0.2, 0) is 22.7 Å². The largest absolute Gasteiger partial charge is 0.340 e. The highest BCUT2D eigenvalue weighted by Crippen LogP contribution is 2.61. The van der Waals surface area contributed by atoms with Gasteiger partial charge in [-0.2, -0.15) is 0 Å². The van der Waals surface area contributed by atoms with E-state index in [2.05, 4.69) is 301 Å². The highest BCUT2D eigenvalue weighted by molar-refractivity contribution is 8.00. The molecule has 418 valence electrons. The second kappa shape index (κ2) is 22.7. The first kappa shape index (κ1) is 57.8. The van der Waals surface area contributed by atoms with Gasteiger partial charge in [0.25, 0.3) is 0 Å². The summed E-state index contributed by atoms with van der Waals surface area (Å²) in [7, 11) is 0. The van der Waals surface area contributed by atoms with Gasteiger partial charge in [-0.1, -0.05) is 224 Å². The predicted molar refractivity (Wildman–Crippen MR) is 356 cm³/mol. The third kappa shape index (κ3) is 12.0. The molecule has 0 aliphatic carbocycles. The third-order valence-electron chi connectivity index (χ3n) is 17.0. The molecular weight excluding hydrogens is 1020 g/mol. The molecule has 0 radical (unpaired) electrons. The van der Waals surface area contributed by atoms with Crippen molar-refractivity contribution in [1.29, 1.82) is 0 Å². The molecule has 2 aliphatic heterocycles. The summed E-state index contributed by atoms with van der Waals surface area (Å²) in [6, 6.07) is 63.3. The molecule has 81 heavy (non-hydrogen) atoms. The zero-order valence-electron chi connectivity index (χ0n) is 51.4. The number of nitrogens with zero attached hydrogens (tertiary/aromatic N) is 3. The third-order valence-corrected chi connectivity index (χ3v) is 19.7. The van der Waals surface area contributed by atoms with Crippen LogP contribution in [-0.4, -0.2) is 12.3 Å². The first-order valence-electron chi connectivity index (χ1n) is 29.7. The van der Waals surface area contributed by atoms with Crippen LogP contribution in [0, 0.1) is 31.1 Å². The van der Waals surface area contributed by atoms with Gasteiger partial charge < -0.3 is 14.7 Å². The van der Waals surface area contributed by atoms with E-state index >= 15 is 0 Å². The topological polar surface area (TPSA) is 9.72 Å². The molecule has 0 bridgehead atoms. The van der Waals surface area contributed by atoms with Crippen LogP contribution in [0.4, 0.5) is 45.5 Å². The van der Waals surface area contributed by atoms with Crippen molar-refractivity contribution >= 4 is 69.0 Å². The normalized spacial score (nSPS) is 14.5. The van der Waals surface area contributed by atoms with Crippen molar-refractivity contribution in [3.63, 3.8) is 0 Å². The molecule has 10 rings (SSSR count). The van der Waals surface area contributed by atoms with Gasteiger partial charge in [-0.3, -0.25) is 0 Å². The lowest BCUT2D eigenvalue weighted by Crippen LogP contribution is -2.29. The van der Waals surface area contributed by atoms with Crippen molar-refractivity contribution in [2.75, 3.05) is 27.0 Å². The summed E-state index contributed by atoms with van der Waals surface area (Å²) in [5, 5.41) is 0. The number of para-hydroxylation sites is 2. The van der Waals surface area contributed by atoms with E-state index < -0.39 is 0 Å². The van der Waals surface area contributed by atoms with Gasteiger partial charge >= 0.3 is 0 Å². The van der Waals surface area contributed by atoms with E-state index in [4.69, 9.17) is 0 Å². The molecule has 3 nitrogen and oxygen atoms in total. The van der Waals surface area contributed by atoms with E-state index in [0.717, 1.165) is 42.2 Å². The Hall–Kier alpha value is -6.40. The van der Waals surface area contributed by atoms with Crippen molar-refractivity contribution in [2.45, 2.75) is 155 Å². The van der Waals surface area contributed by atoms with Crippen molar-refractivity contribution in [2.24, 2.45) is 17.3 Å². The van der Waals surface area contributed by atoms with E-state index in [9.17, 15) is 0 Å². The smallest absolute Gasteiger partial charge is 0.0643 e. The Bertz CT molecular complexity index is 3580. The maximum Gasteiger partial charge on any atom is 0.0643 e. The van der Waals surface area contributed by atoms with Crippen LogP contribution in [0.1, 0.15) is 137 Å². The minimum absolute atomic E-state index is 0.0178. The summed E-state index contributed by atoms with van der Waals surface area (Å²) in [6.45, 7) is 38.5. The summed E-state index contributed by atoms with van der Waals surface area (Å²) in [5.41, 5.74) is 22.2. The molecule has 0 amide bonds. The standard InChI is InChI=1S/C76H87N3S2/c1-17-18-39-75(13,14)47-54-29-26-32-56(40-54)61-42-57(73(7,8)9)35-37-65(61)77(48-53(6)50(2)3)68-43-59(78(63-33-24-22-27-51(63)4)64-34-25-23-28-52(64)5)44-69-72(68)81-71-45-62-70(80-49-76(62,15)16)46-67(71)79(69)66-38-36-58(74(10,11)12)41-60(66)55-30-20-19-21-31-55/h18-46,50,53H,17,47-49H2,1-16H3/b39-18+/t53-/m0/s1. The Labute approximate surface area is 496 Å². The summed E-state index contributed by atoms with van der Waals surface area (Å²) < 4.78 is 0. The van der Waals surface area contributed by atoms with Gasteiger partial charge in [0.1, 0.15) is 0 Å². The van der Waals surface area contributed by atoms with E-state index in [1.165, 1.54) is 98.8 Å². The zero-order chi connectivity index (χ0) is 57.8. The quantitative estimate of drug-likeness (QED) is 0.0944. The number of aryl methyl sites for hydroxylation is 2. The van der Waals surface area contributed by atoms with Gasteiger partial charge in [0.15, 0.2) is 0 Å². The number of rotatable bonds is 15. The van der Waals surface area contributed by atoms with Crippen LogP contribution in [0.3, 0.4) is 0 Å². The van der Waals surface area contributed by atoms with Gasteiger partial charge in [-0.25, -0.2) is 0 Å². The number of benzene rings is 8. The first-order chi connectivity index (χ1) is 38.4. The maximum absolute atomic E-state index is 2.74. The molecule has 0 saturated carbocycles. The minimum atomic E-state index is -0.0695. The molecule has 8 aromatic carbocycles. The maximum atomic E-state index is 2.74. The summed E-state index contributed by atoms with van der Waals surface area (Å²) in [4.78, 5) is 11.9. The van der Waals surface area contributed by atoms with Crippen molar-refractivity contribution in [3.8, 4) is 22.3 Å². The zero-order valence-corrected chi connectivity index (χ0v) is 53.0. The Morgan fingerprint density at radius 2 is 1.20 bits per heavy atom. The van der Waals surface area contributed by atoms with Gasteiger partial charge in [-0.05, 0) is 160 Å². The molecule has 0 N–H and O–H groups in total. The van der Waals surface area contributed by atoms with E-state index in [-0.39, 0.29) is 21.7 Å². The molecule has 1 atom stereocenters. The fourth-order valence-electron chi connectivity index (χ4n) is 11.7. The van der Waals surface area contributed by atoms with Crippen molar-refractivity contribution in [3.05, 3.63) is 209 Å². The molecule has 0 saturated heterocycles. The molecule has 5 heteroatoms. The molecule has 2 aliphatic rings. The molecular formula is C76H87N3S2.